The molecular formula is C29H31ClN4O5. The number of benzene rings is 1. The van der Waals surface area contributed by atoms with E-state index in [1.54, 1.807) is 17.9 Å². The van der Waals surface area contributed by atoms with Crippen LogP contribution in [0.2, 0.25) is 5.02 Å². The Hall–Kier alpha value is -3.85. The van der Waals surface area contributed by atoms with Crippen molar-refractivity contribution in [1.29, 1.82) is 0 Å². The fraction of sp³-hybridized carbons (Fsp3) is 0.379. The second-order valence-electron chi connectivity index (χ2n) is 11.5. The minimum atomic E-state index is -1.16. The Morgan fingerprint density at radius 1 is 1.05 bits per heavy atom. The van der Waals surface area contributed by atoms with Crippen molar-refractivity contribution in [3.8, 4) is 11.3 Å². The number of fused-ring (bicyclic) bond motifs is 1. The van der Waals surface area contributed by atoms with Gasteiger partial charge in [0.15, 0.2) is 11.3 Å². The van der Waals surface area contributed by atoms with E-state index in [9.17, 15) is 14.7 Å². The van der Waals surface area contributed by atoms with E-state index in [4.69, 9.17) is 25.4 Å². The van der Waals surface area contributed by atoms with Gasteiger partial charge in [0.2, 0.25) is 5.76 Å². The van der Waals surface area contributed by atoms with E-state index >= 15 is 0 Å². The summed E-state index contributed by atoms with van der Waals surface area (Å²) in [5.41, 5.74) is 3.31. The highest BCUT2D eigenvalue weighted by atomic mass is 35.5. The quantitative estimate of drug-likeness (QED) is 0.320. The van der Waals surface area contributed by atoms with Crippen molar-refractivity contribution in [3.63, 3.8) is 0 Å². The number of furan rings is 1. The second kappa shape index (κ2) is 9.41. The predicted octanol–water partition coefficient (Wildman–Crippen LogP) is 6.18. The fourth-order valence-corrected chi connectivity index (χ4v) is 5.12. The summed E-state index contributed by atoms with van der Waals surface area (Å²) in [4.78, 5) is 37.9. The van der Waals surface area contributed by atoms with Crippen molar-refractivity contribution in [2.75, 3.05) is 24.5 Å². The smallest absolute Gasteiger partial charge is 0.373 e. The largest absolute Gasteiger partial charge is 0.475 e. The van der Waals surface area contributed by atoms with E-state index in [0.29, 0.717) is 41.5 Å². The monoisotopic (exact) mass is 550 g/mol. The van der Waals surface area contributed by atoms with Crippen LogP contribution in [0.5, 0.6) is 0 Å². The first-order valence-corrected chi connectivity index (χ1v) is 13.1. The maximum atomic E-state index is 13.8. The maximum absolute atomic E-state index is 13.8. The number of piperazine rings is 1. The lowest BCUT2D eigenvalue weighted by molar-refractivity contribution is 0.0479. The van der Waals surface area contributed by atoms with Crippen LogP contribution in [0.4, 0.5) is 6.01 Å². The number of hydrogen-bond donors (Lipinski definition) is 1. The fourth-order valence-electron chi connectivity index (χ4n) is 5.00. The van der Waals surface area contributed by atoms with Gasteiger partial charge in [0, 0.05) is 41.9 Å². The molecule has 0 bridgehead atoms. The minimum Gasteiger partial charge on any atom is -0.475 e. The van der Waals surface area contributed by atoms with E-state index in [1.807, 2.05) is 49.1 Å². The van der Waals surface area contributed by atoms with Gasteiger partial charge in [-0.05, 0) is 44.4 Å². The van der Waals surface area contributed by atoms with Crippen LogP contribution in [-0.2, 0) is 5.41 Å². The molecular weight excluding hydrogens is 520 g/mol. The third-order valence-electron chi connectivity index (χ3n) is 7.04. The molecule has 39 heavy (non-hydrogen) atoms. The molecule has 1 aliphatic rings. The third-order valence-corrected chi connectivity index (χ3v) is 7.29. The summed E-state index contributed by atoms with van der Waals surface area (Å²) in [5.74, 6) is -1.35. The molecule has 1 amide bonds. The number of carboxylic acid groups (broad SMARTS) is 1. The topological polar surface area (TPSA) is 113 Å². The van der Waals surface area contributed by atoms with Gasteiger partial charge in [-0.2, -0.15) is 4.98 Å². The van der Waals surface area contributed by atoms with Gasteiger partial charge in [-0.3, -0.25) is 4.79 Å². The molecule has 0 spiro atoms. The normalized spacial score (nSPS) is 15.7. The summed E-state index contributed by atoms with van der Waals surface area (Å²) < 4.78 is 11.7. The minimum absolute atomic E-state index is 0.177. The van der Waals surface area contributed by atoms with Crippen LogP contribution < -0.4 is 4.90 Å². The molecule has 1 aliphatic heterocycles. The van der Waals surface area contributed by atoms with Crippen LogP contribution in [-0.4, -0.2) is 57.0 Å². The molecule has 4 heterocycles. The number of nitrogens with zero attached hydrogens (tertiary/aromatic N) is 4. The van der Waals surface area contributed by atoms with Gasteiger partial charge in [0.25, 0.3) is 11.9 Å². The van der Waals surface area contributed by atoms with Crippen LogP contribution in [0, 0.1) is 6.92 Å². The lowest BCUT2D eigenvalue weighted by atomic mass is 9.86. The molecule has 0 aliphatic carbocycles. The van der Waals surface area contributed by atoms with Crippen molar-refractivity contribution in [3.05, 3.63) is 64.2 Å². The summed E-state index contributed by atoms with van der Waals surface area (Å²) in [6, 6.07) is 11.5. The molecule has 204 valence electrons. The Bertz CT molecular complexity index is 1580. The summed E-state index contributed by atoms with van der Waals surface area (Å²) in [6.07, 6.45) is 0. The molecule has 0 radical (unpaired) electrons. The van der Waals surface area contributed by atoms with Crippen LogP contribution in [0.3, 0.4) is 0 Å². The molecule has 0 saturated carbocycles. The molecule has 1 N–H and O–H groups in total. The number of aromatic carboxylic acids is 1. The SMILES string of the molecule is Cc1nc(N2CCN(C(=O)c3cc4nc(-c5ccc(Cl)cc5)cc(C(C)(C)C)c4o3)C(C)(C)C2)oc1C(=O)O. The van der Waals surface area contributed by atoms with Crippen LogP contribution in [0.15, 0.2) is 45.2 Å². The summed E-state index contributed by atoms with van der Waals surface area (Å²) in [6.45, 7) is 13.0. The predicted molar refractivity (Wildman–Crippen MR) is 149 cm³/mol. The number of pyridine rings is 1. The van der Waals surface area contributed by atoms with Gasteiger partial charge in [-0.1, -0.05) is 44.5 Å². The Morgan fingerprint density at radius 3 is 2.33 bits per heavy atom. The van der Waals surface area contributed by atoms with E-state index in [1.165, 1.54) is 0 Å². The lowest BCUT2D eigenvalue weighted by Crippen LogP contribution is -2.61. The number of carbonyl (C=O) groups is 2. The Balaban J connectivity index is 1.46. The molecule has 9 nitrogen and oxygen atoms in total. The Kier molecular flexibility index (Phi) is 6.45. The van der Waals surface area contributed by atoms with Gasteiger partial charge in [-0.15, -0.1) is 0 Å². The first-order chi connectivity index (χ1) is 18.2. The van der Waals surface area contributed by atoms with Crippen molar-refractivity contribution in [1.82, 2.24) is 14.9 Å². The number of carboxylic acids is 1. The number of amides is 1. The lowest BCUT2D eigenvalue weighted by Gasteiger charge is -2.46. The van der Waals surface area contributed by atoms with Crippen molar-refractivity contribution in [2.24, 2.45) is 0 Å². The molecule has 1 fully saturated rings. The standard InChI is InChI=1S/C29H31ClN4O5/c1-16-23(26(36)37)39-27(31-16)33-11-12-34(29(5,6)15-33)25(35)22-14-21-24(38-22)19(28(2,3)4)13-20(32-21)17-7-9-18(30)10-8-17/h7-10,13-14H,11-12,15H2,1-6H3,(H,36,37). The molecule has 4 aromatic rings. The van der Waals surface area contributed by atoms with Crippen molar-refractivity contribution < 1.29 is 23.5 Å². The van der Waals surface area contributed by atoms with Crippen LogP contribution in [0.25, 0.3) is 22.4 Å². The number of halogens is 1. The highest BCUT2D eigenvalue weighted by molar-refractivity contribution is 6.30. The molecule has 3 aromatic heterocycles. The highest BCUT2D eigenvalue weighted by Gasteiger charge is 2.40. The summed E-state index contributed by atoms with van der Waals surface area (Å²) in [7, 11) is 0. The van der Waals surface area contributed by atoms with Gasteiger partial charge >= 0.3 is 5.97 Å². The molecule has 0 unspecified atom stereocenters. The number of rotatable bonds is 4. The average molecular weight is 551 g/mol. The first kappa shape index (κ1) is 26.7. The number of aromatic nitrogens is 2. The van der Waals surface area contributed by atoms with Crippen LogP contribution in [0.1, 0.15) is 67.0 Å². The van der Waals surface area contributed by atoms with E-state index in [2.05, 4.69) is 25.8 Å². The first-order valence-electron chi connectivity index (χ1n) is 12.7. The molecule has 0 atom stereocenters. The maximum Gasteiger partial charge on any atom is 0.373 e. The highest BCUT2D eigenvalue weighted by Crippen LogP contribution is 2.36. The number of aryl methyl sites for hydroxylation is 1. The van der Waals surface area contributed by atoms with E-state index in [0.717, 1.165) is 16.8 Å². The summed E-state index contributed by atoms with van der Waals surface area (Å²) in [5, 5.41) is 9.97. The van der Waals surface area contributed by atoms with Gasteiger partial charge in [-0.25, -0.2) is 9.78 Å². The zero-order valence-corrected chi connectivity index (χ0v) is 23.6. The Labute approximate surface area is 231 Å². The number of anilines is 1. The zero-order chi connectivity index (χ0) is 28.3. The van der Waals surface area contributed by atoms with Crippen LogP contribution >= 0.6 is 11.6 Å². The molecule has 1 saturated heterocycles. The van der Waals surface area contributed by atoms with Crippen molar-refractivity contribution >= 4 is 40.6 Å². The summed E-state index contributed by atoms with van der Waals surface area (Å²) >= 11 is 6.08. The van der Waals surface area contributed by atoms with E-state index < -0.39 is 11.5 Å². The molecule has 1 aromatic carbocycles. The zero-order valence-electron chi connectivity index (χ0n) is 22.8. The van der Waals surface area contributed by atoms with Gasteiger partial charge < -0.3 is 23.7 Å². The Morgan fingerprint density at radius 2 is 1.74 bits per heavy atom. The molecule has 10 heteroatoms. The number of carbonyl (C=O) groups excluding carboxylic acids is 1. The van der Waals surface area contributed by atoms with E-state index in [-0.39, 0.29) is 28.9 Å². The van der Waals surface area contributed by atoms with Gasteiger partial charge in [0.05, 0.1) is 16.9 Å². The average Bonchev–Trinajstić information content (AvgIpc) is 3.46. The third kappa shape index (κ3) is 4.98. The second-order valence-corrected chi connectivity index (χ2v) is 12.0. The van der Waals surface area contributed by atoms with Gasteiger partial charge in [0.1, 0.15) is 5.52 Å². The molecule has 5 rings (SSSR count). The number of oxazole rings is 1. The number of hydrogen-bond acceptors (Lipinski definition) is 7. The van der Waals surface area contributed by atoms with Crippen molar-refractivity contribution in [2.45, 2.75) is 52.5 Å².